The molecule has 0 aliphatic heterocycles. The molecule has 3 aromatic rings. The van der Waals surface area contributed by atoms with Gasteiger partial charge in [-0.25, -0.2) is 15.0 Å². The average molecular weight is 452 g/mol. The minimum Gasteiger partial charge on any atom is -0.391 e. The first kappa shape index (κ1) is 21.8. The van der Waals surface area contributed by atoms with Crippen LogP contribution in [0.15, 0.2) is 42.6 Å². The molecule has 7 nitrogen and oxygen atoms in total. The zero-order chi connectivity index (χ0) is 23.1. The van der Waals surface area contributed by atoms with Crippen LogP contribution in [0.3, 0.4) is 0 Å². The van der Waals surface area contributed by atoms with Crippen LogP contribution in [0.25, 0.3) is 11.5 Å². The third kappa shape index (κ3) is 5.07. The molecule has 12 heteroatoms. The number of pyridine rings is 2. The molecule has 1 aliphatic carbocycles. The van der Waals surface area contributed by atoms with Crippen molar-refractivity contribution in [3.63, 3.8) is 0 Å². The molecule has 0 bridgehead atoms. The van der Waals surface area contributed by atoms with Crippen molar-refractivity contribution in [1.82, 2.24) is 19.9 Å². The number of hydrogen-bond acceptors (Lipinski definition) is 7. The predicted molar refractivity (Wildman–Crippen MR) is 105 cm³/mol. The molecule has 4 rings (SSSR count). The van der Waals surface area contributed by atoms with Gasteiger partial charge < -0.3 is 15.7 Å². The number of halogens is 5. The average Bonchev–Trinajstić information content (AvgIpc) is 3.41. The van der Waals surface area contributed by atoms with Crippen molar-refractivity contribution in [2.45, 2.75) is 37.6 Å². The number of aliphatic hydroxyl groups excluding tert-OH is 1. The van der Waals surface area contributed by atoms with E-state index >= 15 is 0 Å². The Balaban J connectivity index is 1.71. The molecule has 3 N–H and O–H groups in total. The molecule has 2 atom stereocenters. The van der Waals surface area contributed by atoms with Gasteiger partial charge in [0, 0.05) is 24.9 Å². The van der Waals surface area contributed by atoms with Gasteiger partial charge >= 0.3 is 6.18 Å². The van der Waals surface area contributed by atoms with Crippen molar-refractivity contribution in [2.75, 3.05) is 10.6 Å². The summed E-state index contributed by atoms with van der Waals surface area (Å²) >= 11 is 0. The number of nitrogens with zero attached hydrogens (tertiary/aromatic N) is 4. The predicted octanol–water partition coefficient (Wildman–Crippen LogP) is 4.35. The quantitative estimate of drug-likeness (QED) is 0.479. The number of alkyl halides is 5. The van der Waals surface area contributed by atoms with Crippen LogP contribution in [-0.4, -0.2) is 37.2 Å². The second kappa shape index (κ2) is 7.93. The van der Waals surface area contributed by atoms with E-state index in [1.807, 2.05) is 0 Å². The van der Waals surface area contributed by atoms with Crippen LogP contribution in [0.5, 0.6) is 0 Å². The van der Waals surface area contributed by atoms with Crippen molar-refractivity contribution in [1.29, 1.82) is 0 Å². The van der Waals surface area contributed by atoms with Crippen LogP contribution < -0.4 is 10.6 Å². The Labute approximate surface area is 178 Å². The number of aromatic nitrogens is 4. The van der Waals surface area contributed by atoms with Gasteiger partial charge in [-0.15, -0.1) is 0 Å². The fraction of sp³-hybridized carbons (Fsp3) is 0.300. The fourth-order valence-electron chi connectivity index (χ4n) is 2.84. The van der Waals surface area contributed by atoms with E-state index in [0.29, 0.717) is 13.3 Å². The summed E-state index contributed by atoms with van der Waals surface area (Å²) in [7, 11) is 0. The van der Waals surface area contributed by atoms with E-state index in [1.54, 1.807) is 0 Å². The monoisotopic (exact) mass is 452 g/mol. The Morgan fingerprint density at radius 1 is 0.969 bits per heavy atom. The van der Waals surface area contributed by atoms with Gasteiger partial charge in [0.15, 0.2) is 5.82 Å². The number of anilines is 3. The maximum atomic E-state index is 13.6. The van der Waals surface area contributed by atoms with Gasteiger partial charge in [0.25, 0.3) is 5.92 Å². The largest absolute Gasteiger partial charge is 0.433 e. The number of aliphatic hydroxyl groups is 1. The summed E-state index contributed by atoms with van der Waals surface area (Å²) in [6.45, 7) is 0.712. The van der Waals surface area contributed by atoms with Crippen LogP contribution in [-0.2, 0) is 12.1 Å². The highest BCUT2D eigenvalue weighted by Gasteiger charge is 2.36. The van der Waals surface area contributed by atoms with E-state index in [-0.39, 0.29) is 34.9 Å². The van der Waals surface area contributed by atoms with Crippen LogP contribution in [0.2, 0.25) is 0 Å². The Bertz CT molecular complexity index is 1130. The minimum absolute atomic E-state index is 0.117. The zero-order valence-corrected chi connectivity index (χ0v) is 16.5. The van der Waals surface area contributed by atoms with Gasteiger partial charge in [0.05, 0.1) is 12.1 Å². The van der Waals surface area contributed by atoms with Crippen molar-refractivity contribution in [2.24, 2.45) is 0 Å². The lowest BCUT2D eigenvalue weighted by Crippen LogP contribution is -2.12. The molecule has 3 heterocycles. The molecule has 0 saturated heterocycles. The summed E-state index contributed by atoms with van der Waals surface area (Å²) < 4.78 is 66.4. The molecule has 32 heavy (non-hydrogen) atoms. The first-order valence-corrected chi connectivity index (χ1v) is 9.49. The van der Waals surface area contributed by atoms with Gasteiger partial charge in [-0.2, -0.15) is 22.0 Å². The summed E-state index contributed by atoms with van der Waals surface area (Å²) in [6.07, 6.45) is -3.52. The van der Waals surface area contributed by atoms with Crippen molar-refractivity contribution in [3.05, 3.63) is 54.0 Å². The number of nitrogens with one attached hydrogen (secondary N) is 2. The Kier molecular flexibility index (Phi) is 5.41. The molecule has 0 amide bonds. The van der Waals surface area contributed by atoms with Crippen LogP contribution in [0, 0.1) is 0 Å². The third-order valence-corrected chi connectivity index (χ3v) is 4.57. The second-order valence-corrected chi connectivity index (χ2v) is 7.36. The standard InChI is InChI=1S/C20H17F5N6O/c1-19(21,22)15-7-10(5-6-26-15)27-16-9-17(29-12-8-13(12)32)31-18(30-16)11-3-2-4-14(28-11)20(23,24)25/h2-7,9,12-13,32H,8H2,1H3,(H2,26,27,29,30,31). The van der Waals surface area contributed by atoms with E-state index in [1.165, 1.54) is 30.5 Å². The van der Waals surface area contributed by atoms with E-state index in [2.05, 4.69) is 30.6 Å². The van der Waals surface area contributed by atoms with Gasteiger partial charge in [0.2, 0.25) is 0 Å². The second-order valence-electron chi connectivity index (χ2n) is 7.36. The van der Waals surface area contributed by atoms with Crippen LogP contribution in [0.1, 0.15) is 24.7 Å². The van der Waals surface area contributed by atoms with Gasteiger partial charge in [-0.1, -0.05) is 6.07 Å². The topological polar surface area (TPSA) is 95.8 Å². The number of rotatable bonds is 6. The maximum absolute atomic E-state index is 13.6. The molecule has 2 unspecified atom stereocenters. The highest BCUT2D eigenvalue weighted by atomic mass is 19.4. The smallest absolute Gasteiger partial charge is 0.391 e. The van der Waals surface area contributed by atoms with Crippen LogP contribution >= 0.6 is 0 Å². The lowest BCUT2D eigenvalue weighted by Gasteiger charge is -2.14. The summed E-state index contributed by atoms with van der Waals surface area (Å²) in [6, 6.07) is 7.11. The van der Waals surface area contributed by atoms with E-state index in [0.717, 1.165) is 12.1 Å². The van der Waals surface area contributed by atoms with E-state index in [9.17, 15) is 27.1 Å². The molecule has 168 valence electrons. The Hall–Kier alpha value is -3.41. The fourth-order valence-corrected chi connectivity index (χ4v) is 2.84. The highest BCUT2D eigenvalue weighted by molar-refractivity contribution is 5.64. The normalized spacial score (nSPS) is 18.3. The molecule has 0 spiro atoms. The first-order valence-electron chi connectivity index (χ1n) is 9.49. The zero-order valence-electron chi connectivity index (χ0n) is 16.5. The lowest BCUT2D eigenvalue weighted by molar-refractivity contribution is -0.141. The Morgan fingerprint density at radius 2 is 1.69 bits per heavy atom. The maximum Gasteiger partial charge on any atom is 0.433 e. The summed E-state index contributed by atoms with van der Waals surface area (Å²) in [5, 5.41) is 15.4. The summed E-state index contributed by atoms with van der Waals surface area (Å²) in [5.74, 6) is -2.92. The molecule has 3 aromatic heterocycles. The SMILES string of the molecule is CC(F)(F)c1cc(Nc2cc(NC3CC3O)nc(-c3cccc(C(F)(F)F)n3)n2)ccn1. The summed E-state index contributed by atoms with van der Waals surface area (Å²) in [5.41, 5.74) is -1.45. The molecular formula is C20H17F5N6O. The van der Waals surface area contributed by atoms with Crippen LogP contribution in [0.4, 0.5) is 39.3 Å². The van der Waals surface area contributed by atoms with E-state index in [4.69, 9.17) is 0 Å². The van der Waals surface area contributed by atoms with Crippen molar-refractivity contribution >= 4 is 17.3 Å². The highest BCUT2D eigenvalue weighted by Crippen LogP contribution is 2.32. The molecular weight excluding hydrogens is 435 g/mol. The minimum atomic E-state index is -4.65. The molecule has 0 radical (unpaired) electrons. The van der Waals surface area contributed by atoms with Crippen molar-refractivity contribution < 1.29 is 27.1 Å². The first-order chi connectivity index (χ1) is 15.0. The molecule has 1 saturated carbocycles. The van der Waals surface area contributed by atoms with Gasteiger partial charge in [0.1, 0.15) is 28.7 Å². The third-order valence-electron chi connectivity index (χ3n) is 4.57. The molecule has 0 aromatic carbocycles. The molecule has 1 aliphatic rings. The van der Waals surface area contributed by atoms with Gasteiger partial charge in [-0.05, 0) is 30.7 Å². The van der Waals surface area contributed by atoms with Gasteiger partial charge in [-0.3, -0.25) is 4.98 Å². The van der Waals surface area contributed by atoms with E-state index < -0.39 is 29.6 Å². The summed E-state index contributed by atoms with van der Waals surface area (Å²) in [4.78, 5) is 15.6. The van der Waals surface area contributed by atoms with Crippen molar-refractivity contribution in [3.8, 4) is 11.5 Å². The lowest BCUT2D eigenvalue weighted by atomic mass is 10.2. The molecule has 1 fully saturated rings. The Morgan fingerprint density at radius 3 is 2.34 bits per heavy atom. The number of hydrogen-bond donors (Lipinski definition) is 3.